The third kappa shape index (κ3) is 2.28. The van der Waals surface area contributed by atoms with E-state index < -0.39 is 11.4 Å². The zero-order valence-corrected chi connectivity index (χ0v) is 10.5. The highest BCUT2D eigenvalue weighted by Gasteiger charge is 2.41. The monoisotopic (exact) mass is 283 g/mol. The Hall–Kier alpha value is -0.870. The fraction of sp³-hybridized carbons (Fsp3) is 0.417. The Morgan fingerprint density at radius 1 is 1.56 bits per heavy atom. The van der Waals surface area contributed by atoms with Crippen LogP contribution in [0.25, 0.3) is 0 Å². The van der Waals surface area contributed by atoms with Crippen LogP contribution in [0.3, 0.4) is 0 Å². The molecule has 2 rings (SSSR count). The van der Waals surface area contributed by atoms with Crippen LogP contribution in [0.1, 0.15) is 12.0 Å². The normalized spacial score (nSPS) is 24.6. The molecule has 1 aromatic rings. The van der Waals surface area contributed by atoms with Gasteiger partial charge in [-0.25, -0.2) is 0 Å². The molecule has 4 heteroatoms. The fourth-order valence-electron chi connectivity index (χ4n) is 2.19. The van der Waals surface area contributed by atoms with Gasteiger partial charge in [-0.3, -0.25) is 4.79 Å². The van der Waals surface area contributed by atoms with Gasteiger partial charge in [0.1, 0.15) is 0 Å². The Balaban J connectivity index is 2.21. The van der Waals surface area contributed by atoms with Crippen LogP contribution < -0.4 is 5.32 Å². The Bertz CT molecular complexity index is 400. The summed E-state index contributed by atoms with van der Waals surface area (Å²) >= 11 is 3.40. The summed E-state index contributed by atoms with van der Waals surface area (Å²) in [6, 6.07) is 7.86. The first-order chi connectivity index (χ1) is 7.62. The number of benzene rings is 1. The second kappa shape index (κ2) is 4.55. The number of nitrogens with one attached hydrogen (secondary N) is 1. The molecule has 1 aliphatic rings. The summed E-state index contributed by atoms with van der Waals surface area (Å²) in [5.41, 5.74) is 0.446. The third-order valence-electron chi connectivity index (χ3n) is 3.13. The Labute approximate surface area is 103 Å². The first-order valence-electron chi connectivity index (χ1n) is 5.31. The van der Waals surface area contributed by atoms with Crippen molar-refractivity contribution in [2.45, 2.75) is 12.8 Å². The van der Waals surface area contributed by atoms with Crippen molar-refractivity contribution in [1.82, 2.24) is 5.32 Å². The van der Waals surface area contributed by atoms with Crippen molar-refractivity contribution in [3.8, 4) is 0 Å². The van der Waals surface area contributed by atoms with E-state index in [1.807, 2.05) is 24.3 Å². The van der Waals surface area contributed by atoms with Gasteiger partial charge in [-0.05, 0) is 37.1 Å². The summed E-state index contributed by atoms with van der Waals surface area (Å²) < 4.78 is 0.997. The van der Waals surface area contributed by atoms with E-state index in [9.17, 15) is 9.90 Å². The standard InChI is InChI=1S/C12H14BrNO2/c13-10-3-1-2-9(6-10)7-12(11(15)16)4-5-14-8-12/h1-3,6,14H,4-5,7-8H2,(H,15,16). The Morgan fingerprint density at radius 2 is 2.38 bits per heavy atom. The van der Waals surface area contributed by atoms with Crippen molar-refractivity contribution in [1.29, 1.82) is 0 Å². The van der Waals surface area contributed by atoms with E-state index in [1.54, 1.807) is 0 Å². The van der Waals surface area contributed by atoms with Crippen molar-refractivity contribution < 1.29 is 9.90 Å². The van der Waals surface area contributed by atoms with Gasteiger partial charge in [-0.15, -0.1) is 0 Å². The van der Waals surface area contributed by atoms with Crippen molar-refractivity contribution in [2.75, 3.05) is 13.1 Å². The number of hydrogen-bond acceptors (Lipinski definition) is 2. The molecule has 0 amide bonds. The SMILES string of the molecule is O=C(O)C1(Cc2cccc(Br)c2)CCNC1. The lowest BCUT2D eigenvalue weighted by molar-refractivity contribution is -0.147. The van der Waals surface area contributed by atoms with E-state index in [0.29, 0.717) is 19.4 Å². The molecule has 1 fully saturated rings. The summed E-state index contributed by atoms with van der Waals surface area (Å²) in [4.78, 5) is 11.4. The topological polar surface area (TPSA) is 49.3 Å². The maximum absolute atomic E-state index is 11.4. The van der Waals surface area contributed by atoms with E-state index in [-0.39, 0.29) is 0 Å². The lowest BCUT2D eigenvalue weighted by atomic mass is 9.81. The van der Waals surface area contributed by atoms with Crippen LogP contribution in [0.2, 0.25) is 0 Å². The minimum absolute atomic E-state index is 0.564. The number of carboxylic acids is 1. The van der Waals surface area contributed by atoms with Crippen molar-refractivity contribution in [3.05, 3.63) is 34.3 Å². The first kappa shape index (κ1) is 11.6. The largest absolute Gasteiger partial charge is 0.481 e. The van der Waals surface area contributed by atoms with E-state index in [4.69, 9.17) is 0 Å². The summed E-state index contributed by atoms with van der Waals surface area (Å²) in [7, 11) is 0. The maximum Gasteiger partial charge on any atom is 0.311 e. The molecule has 1 unspecified atom stereocenters. The minimum atomic E-state index is -0.697. The second-order valence-electron chi connectivity index (χ2n) is 4.32. The van der Waals surface area contributed by atoms with E-state index in [0.717, 1.165) is 16.6 Å². The van der Waals surface area contributed by atoms with Crippen molar-refractivity contribution in [3.63, 3.8) is 0 Å². The number of carboxylic acid groups (broad SMARTS) is 1. The zero-order chi connectivity index (χ0) is 11.6. The molecule has 0 aliphatic carbocycles. The fourth-order valence-corrected chi connectivity index (χ4v) is 2.64. The average Bonchev–Trinajstić information content (AvgIpc) is 2.67. The third-order valence-corrected chi connectivity index (χ3v) is 3.62. The van der Waals surface area contributed by atoms with Crippen LogP contribution in [0.15, 0.2) is 28.7 Å². The van der Waals surface area contributed by atoms with Gasteiger partial charge in [0, 0.05) is 11.0 Å². The predicted molar refractivity (Wildman–Crippen MR) is 65.4 cm³/mol. The van der Waals surface area contributed by atoms with Crippen molar-refractivity contribution >= 4 is 21.9 Å². The molecule has 1 heterocycles. The van der Waals surface area contributed by atoms with Gasteiger partial charge in [0.2, 0.25) is 0 Å². The average molecular weight is 284 g/mol. The molecule has 86 valence electrons. The summed E-state index contributed by atoms with van der Waals surface area (Å²) in [5.74, 6) is -0.697. The molecule has 1 aliphatic heterocycles. The summed E-state index contributed by atoms with van der Waals surface area (Å²) in [6.45, 7) is 1.36. The minimum Gasteiger partial charge on any atom is -0.481 e. The molecule has 2 N–H and O–H groups in total. The molecule has 16 heavy (non-hydrogen) atoms. The van der Waals surface area contributed by atoms with Crippen LogP contribution in [-0.2, 0) is 11.2 Å². The van der Waals surface area contributed by atoms with Gasteiger partial charge in [0.15, 0.2) is 0 Å². The van der Waals surface area contributed by atoms with Gasteiger partial charge in [-0.1, -0.05) is 28.1 Å². The van der Waals surface area contributed by atoms with Gasteiger partial charge < -0.3 is 10.4 Å². The summed E-state index contributed by atoms with van der Waals surface area (Å²) in [5, 5.41) is 12.5. The lowest BCUT2D eigenvalue weighted by Gasteiger charge is -2.22. The number of rotatable bonds is 3. The molecule has 3 nitrogen and oxygen atoms in total. The molecule has 1 saturated heterocycles. The first-order valence-corrected chi connectivity index (χ1v) is 6.10. The van der Waals surface area contributed by atoms with Crippen LogP contribution >= 0.6 is 15.9 Å². The highest BCUT2D eigenvalue weighted by atomic mass is 79.9. The Morgan fingerprint density at radius 3 is 2.94 bits per heavy atom. The smallest absolute Gasteiger partial charge is 0.311 e. The van der Waals surface area contributed by atoms with Crippen LogP contribution in [-0.4, -0.2) is 24.2 Å². The molecule has 0 aromatic heterocycles. The van der Waals surface area contributed by atoms with Gasteiger partial charge in [-0.2, -0.15) is 0 Å². The quantitative estimate of drug-likeness (QED) is 0.893. The molecule has 0 bridgehead atoms. The lowest BCUT2D eigenvalue weighted by Crippen LogP contribution is -2.35. The van der Waals surface area contributed by atoms with Crippen molar-refractivity contribution in [2.24, 2.45) is 5.41 Å². The summed E-state index contributed by atoms with van der Waals surface area (Å²) in [6.07, 6.45) is 1.30. The molecule has 0 spiro atoms. The van der Waals surface area contributed by atoms with E-state index >= 15 is 0 Å². The van der Waals surface area contributed by atoms with Gasteiger partial charge in [0.25, 0.3) is 0 Å². The molecule has 1 atom stereocenters. The molecule has 0 saturated carbocycles. The highest BCUT2D eigenvalue weighted by molar-refractivity contribution is 9.10. The maximum atomic E-state index is 11.4. The van der Waals surface area contributed by atoms with E-state index in [1.165, 1.54) is 0 Å². The number of halogens is 1. The highest BCUT2D eigenvalue weighted by Crippen LogP contribution is 2.31. The number of hydrogen-bond donors (Lipinski definition) is 2. The molecule has 0 radical (unpaired) electrons. The van der Waals surface area contributed by atoms with Gasteiger partial charge in [0.05, 0.1) is 5.41 Å². The predicted octanol–water partition coefficient (Wildman–Crippen LogP) is 2.06. The van der Waals surface area contributed by atoms with Crippen LogP contribution in [0, 0.1) is 5.41 Å². The Kier molecular flexibility index (Phi) is 3.30. The number of aliphatic carboxylic acids is 1. The molecular weight excluding hydrogens is 270 g/mol. The van der Waals surface area contributed by atoms with Gasteiger partial charge >= 0.3 is 5.97 Å². The van der Waals surface area contributed by atoms with Crippen LogP contribution in [0.5, 0.6) is 0 Å². The molecular formula is C12H14BrNO2. The second-order valence-corrected chi connectivity index (χ2v) is 5.23. The van der Waals surface area contributed by atoms with Crippen LogP contribution in [0.4, 0.5) is 0 Å². The molecule has 1 aromatic carbocycles. The number of carbonyl (C=O) groups is 1. The van der Waals surface area contributed by atoms with E-state index in [2.05, 4.69) is 21.2 Å². The zero-order valence-electron chi connectivity index (χ0n) is 8.87.